The fourth-order valence-corrected chi connectivity index (χ4v) is 46.1. The van der Waals surface area contributed by atoms with E-state index in [1.807, 2.05) is 15.6 Å². The van der Waals surface area contributed by atoms with Crippen molar-refractivity contribution >= 4 is 143 Å². The highest BCUT2D eigenvalue weighted by molar-refractivity contribution is 7.19. The Morgan fingerprint density at radius 3 is 0.594 bits per heavy atom. The van der Waals surface area contributed by atoms with Gasteiger partial charge in [-0.1, -0.05) is 283 Å². The summed E-state index contributed by atoms with van der Waals surface area (Å²) >= 11 is 0. The molecule has 3 aromatic carbocycles. The van der Waals surface area contributed by atoms with Gasteiger partial charge < -0.3 is 0 Å². The van der Waals surface area contributed by atoms with Crippen molar-refractivity contribution in [2.24, 2.45) is 5.92 Å². The Morgan fingerprint density at radius 2 is 0.469 bits per heavy atom. The van der Waals surface area contributed by atoms with E-state index < -0.39 is 80.7 Å². The third kappa shape index (κ3) is 10.6. The highest BCUT2D eigenvalue weighted by Gasteiger charge is 2.52. The average Bonchev–Trinajstić information content (AvgIpc) is 3.25. The third-order valence-corrected chi connectivity index (χ3v) is 39.6. The van der Waals surface area contributed by atoms with Crippen molar-refractivity contribution in [3.05, 3.63) is 58.3 Å². The van der Waals surface area contributed by atoms with Crippen LogP contribution in [0.4, 0.5) is 0 Å². The zero-order valence-electron chi connectivity index (χ0n) is 48.0. The SMILES string of the molecule is CC1=C(C)C(C)C([Si](c2cc([Si](C)(C)C)c([Si](C)(C)C)c([Si](C)(C)C)c2)(c2cc([Si](C)(C)C)c([Si](C)(C)C)c([Si](C)(C)C)c2)c2cc([Si](C)(C)C)c([Si](C)(C)C)c([Si](C)(C)C)c2)=C1C. The topological polar surface area (TPSA) is 0 Å². The highest BCUT2D eigenvalue weighted by Crippen LogP contribution is 2.41. The lowest BCUT2D eigenvalue weighted by atomic mass is 10.1. The van der Waals surface area contributed by atoms with Gasteiger partial charge in [-0.3, -0.25) is 0 Å². The van der Waals surface area contributed by atoms with Crippen molar-refractivity contribution in [1.82, 2.24) is 0 Å². The number of hydrogen-bond acceptors (Lipinski definition) is 0. The number of hydrogen-bond donors (Lipinski definition) is 0. The van der Waals surface area contributed by atoms with Gasteiger partial charge >= 0.3 is 0 Å². The summed E-state index contributed by atoms with van der Waals surface area (Å²) in [5.41, 5.74) is 4.76. The van der Waals surface area contributed by atoms with Crippen LogP contribution in [-0.4, -0.2) is 80.7 Å². The molecular weight excluding hydrogens is 929 g/mol. The standard InChI is InChI=1S/C54H100Si10/c1-38-39(2)41(4)51(40(38)3)64(42-32-45(55(5,6)7)52(61(23,24)25)46(33-42)56(8,9)10,43-34-47(57(11,12)13)53(62(26,27)28)48(35-43)58(14,15)16)44-36-49(59(17,18)19)54(63(29,30)31)50(37-44)60(20,21)22/h32-37,40H,1-31H3. The van der Waals surface area contributed by atoms with Crippen LogP contribution in [-0.2, 0) is 0 Å². The molecule has 1 atom stereocenters. The van der Waals surface area contributed by atoms with Crippen molar-refractivity contribution in [2.45, 2.75) is 204 Å². The van der Waals surface area contributed by atoms with Gasteiger partial charge in [0.1, 0.15) is 0 Å². The van der Waals surface area contributed by atoms with Crippen LogP contribution >= 0.6 is 0 Å². The number of benzene rings is 3. The van der Waals surface area contributed by atoms with Gasteiger partial charge in [-0.05, 0) is 47.8 Å². The summed E-state index contributed by atoms with van der Waals surface area (Å²) in [4.78, 5) is 0. The molecule has 0 saturated carbocycles. The molecule has 0 radical (unpaired) electrons. The number of rotatable bonds is 13. The van der Waals surface area contributed by atoms with Gasteiger partial charge in [-0.15, -0.1) is 0 Å². The fourth-order valence-electron chi connectivity index (χ4n) is 11.5. The summed E-state index contributed by atoms with van der Waals surface area (Å²) in [6.45, 7) is 82.3. The first-order chi connectivity index (χ1) is 28.1. The summed E-state index contributed by atoms with van der Waals surface area (Å²) < 4.78 is 0. The van der Waals surface area contributed by atoms with Crippen LogP contribution in [0.25, 0.3) is 0 Å². The molecule has 0 saturated heterocycles. The smallest absolute Gasteiger partial charge is 0.0656 e. The summed E-state index contributed by atoms with van der Waals surface area (Å²) in [5, 5.41) is 23.2. The molecule has 0 aromatic heterocycles. The van der Waals surface area contributed by atoms with Gasteiger partial charge in [-0.25, -0.2) is 0 Å². The molecule has 0 spiro atoms. The largest absolute Gasteiger partial charge is 0.176 e. The van der Waals surface area contributed by atoms with Gasteiger partial charge in [0.15, 0.2) is 8.07 Å². The first-order valence-electron chi connectivity index (χ1n) is 25.1. The Balaban J connectivity index is 2.77. The van der Waals surface area contributed by atoms with E-state index in [0.717, 1.165) is 0 Å². The van der Waals surface area contributed by atoms with Gasteiger partial charge in [0.2, 0.25) is 0 Å². The molecule has 10 heteroatoms. The van der Waals surface area contributed by atoms with Crippen LogP contribution in [0.5, 0.6) is 0 Å². The van der Waals surface area contributed by atoms with Crippen molar-refractivity contribution in [3.63, 3.8) is 0 Å². The second-order valence-corrected chi connectivity index (χ2v) is 78.9. The van der Waals surface area contributed by atoms with Crippen LogP contribution in [0.1, 0.15) is 27.7 Å². The summed E-state index contributed by atoms with van der Waals surface area (Å²) in [6, 6.07) is 17.8. The van der Waals surface area contributed by atoms with Crippen molar-refractivity contribution in [2.75, 3.05) is 0 Å². The molecule has 0 fully saturated rings. The molecule has 0 N–H and O–H groups in total. The normalized spacial score (nSPS) is 17.0. The summed E-state index contributed by atoms with van der Waals surface area (Å²) in [6.07, 6.45) is 0. The Bertz CT molecular complexity index is 2030. The zero-order valence-corrected chi connectivity index (χ0v) is 58.0. The Morgan fingerprint density at radius 1 is 0.281 bits per heavy atom. The van der Waals surface area contributed by atoms with E-state index in [1.54, 1.807) is 68.6 Å². The molecule has 1 aliphatic carbocycles. The minimum Gasteiger partial charge on any atom is -0.0656 e. The van der Waals surface area contributed by atoms with Crippen LogP contribution in [0.2, 0.25) is 177 Å². The van der Waals surface area contributed by atoms with E-state index >= 15 is 0 Å². The van der Waals surface area contributed by atoms with Gasteiger partial charge in [0, 0.05) is 0 Å². The van der Waals surface area contributed by atoms with E-state index in [4.69, 9.17) is 0 Å². The van der Waals surface area contributed by atoms with Crippen LogP contribution < -0.4 is 62.2 Å². The Kier molecular flexibility index (Phi) is 15.1. The monoisotopic (exact) mass is 1030 g/mol. The van der Waals surface area contributed by atoms with Gasteiger partial charge in [0.05, 0.1) is 72.7 Å². The van der Waals surface area contributed by atoms with Gasteiger partial charge in [-0.2, -0.15) is 0 Å². The average molecular weight is 1030 g/mol. The summed E-state index contributed by atoms with van der Waals surface area (Å²) in [5.74, 6) is 0.388. The van der Waals surface area contributed by atoms with Crippen LogP contribution in [0, 0.1) is 5.92 Å². The van der Waals surface area contributed by atoms with Crippen LogP contribution in [0.15, 0.2) is 58.3 Å². The molecule has 3 aromatic rings. The van der Waals surface area contributed by atoms with E-state index in [9.17, 15) is 0 Å². The van der Waals surface area contributed by atoms with Crippen molar-refractivity contribution in [1.29, 1.82) is 0 Å². The quantitative estimate of drug-likeness (QED) is 0.118. The number of allylic oxidation sites excluding steroid dienone is 4. The lowest BCUT2D eigenvalue weighted by molar-refractivity contribution is 0.852. The maximum atomic E-state index is 2.97. The predicted octanol–water partition coefficient (Wildman–Crippen LogP) is 9.91. The van der Waals surface area contributed by atoms with E-state index in [2.05, 4.69) is 241 Å². The molecule has 4 rings (SSSR count). The van der Waals surface area contributed by atoms with E-state index in [-0.39, 0.29) is 0 Å². The van der Waals surface area contributed by atoms with Crippen molar-refractivity contribution in [3.8, 4) is 0 Å². The first kappa shape index (κ1) is 55.9. The minimum atomic E-state index is -3.09. The minimum absolute atomic E-state index is 0.388. The fraction of sp³-hybridized carbons (Fsp3) is 0.593. The maximum Gasteiger partial charge on any atom is 0.176 e. The highest BCUT2D eigenvalue weighted by atomic mass is 28.3. The Hall–Kier alpha value is -0.691. The Labute approximate surface area is 408 Å². The van der Waals surface area contributed by atoms with E-state index in [1.165, 1.54) is 0 Å². The molecular formula is C54H100Si10. The second-order valence-electron chi connectivity index (χ2n) is 29.9. The lowest BCUT2D eigenvalue weighted by Crippen LogP contribution is -2.78. The molecule has 0 heterocycles. The second kappa shape index (κ2) is 17.3. The zero-order chi connectivity index (χ0) is 50.1. The molecule has 0 nitrogen and oxygen atoms in total. The molecule has 64 heavy (non-hydrogen) atoms. The molecule has 0 aliphatic heterocycles. The lowest BCUT2D eigenvalue weighted by Gasteiger charge is -2.45. The molecule has 0 bridgehead atoms. The van der Waals surface area contributed by atoms with Crippen LogP contribution in [0.3, 0.4) is 0 Å². The van der Waals surface area contributed by atoms with Gasteiger partial charge in [0.25, 0.3) is 0 Å². The molecule has 0 amide bonds. The maximum absolute atomic E-state index is 3.09. The molecule has 1 aliphatic rings. The molecule has 1 unspecified atom stereocenters. The first-order valence-corrected chi connectivity index (χ1v) is 58.6. The molecule has 356 valence electrons. The predicted molar refractivity (Wildman–Crippen MR) is 331 cm³/mol. The summed E-state index contributed by atoms with van der Waals surface area (Å²) in [7, 11) is -19.5. The third-order valence-electron chi connectivity index (χ3n) is 14.9. The van der Waals surface area contributed by atoms with E-state index in [0.29, 0.717) is 5.92 Å². The van der Waals surface area contributed by atoms with Crippen molar-refractivity contribution < 1.29 is 0 Å².